The van der Waals surface area contributed by atoms with E-state index in [1.165, 1.54) is 11.1 Å². The lowest BCUT2D eigenvalue weighted by molar-refractivity contribution is 0.282. The highest BCUT2D eigenvalue weighted by Gasteiger charge is 2.12. The SMILES string of the molecule is COc1cc(Cl)cc(CBr)c1OCc1ccc(C)c(C)c1. The molecule has 0 aliphatic heterocycles. The van der Waals surface area contributed by atoms with Crippen LogP contribution in [0.3, 0.4) is 0 Å². The smallest absolute Gasteiger partial charge is 0.165 e. The molecule has 0 aliphatic carbocycles. The summed E-state index contributed by atoms with van der Waals surface area (Å²) in [5, 5.41) is 1.30. The molecule has 0 aliphatic rings. The van der Waals surface area contributed by atoms with E-state index >= 15 is 0 Å². The van der Waals surface area contributed by atoms with Crippen molar-refractivity contribution in [2.24, 2.45) is 0 Å². The third-order valence-electron chi connectivity index (χ3n) is 3.41. The molecule has 0 radical (unpaired) electrons. The second-order valence-electron chi connectivity index (χ2n) is 4.94. The number of benzene rings is 2. The van der Waals surface area contributed by atoms with Gasteiger partial charge in [0.2, 0.25) is 0 Å². The van der Waals surface area contributed by atoms with Gasteiger partial charge in [0.05, 0.1) is 7.11 Å². The third kappa shape index (κ3) is 3.92. The van der Waals surface area contributed by atoms with Crippen LogP contribution in [0.4, 0.5) is 0 Å². The topological polar surface area (TPSA) is 18.5 Å². The molecule has 4 heteroatoms. The maximum atomic E-state index is 6.08. The number of hydrogen-bond acceptors (Lipinski definition) is 2. The van der Waals surface area contributed by atoms with Gasteiger partial charge in [0, 0.05) is 22.0 Å². The minimum absolute atomic E-state index is 0.499. The summed E-state index contributed by atoms with van der Waals surface area (Å²) in [4.78, 5) is 0. The molecule has 21 heavy (non-hydrogen) atoms. The van der Waals surface area contributed by atoms with Gasteiger partial charge in [-0.3, -0.25) is 0 Å². The van der Waals surface area contributed by atoms with Crippen LogP contribution < -0.4 is 9.47 Å². The maximum absolute atomic E-state index is 6.08. The highest BCUT2D eigenvalue weighted by atomic mass is 79.9. The molecule has 2 aromatic rings. The van der Waals surface area contributed by atoms with E-state index in [2.05, 4.69) is 48.0 Å². The van der Waals surface area contributed by atoms with Gasteiger partial charge in [0.1, 0.15) is 6.61 Å². The quantitative estimate of drug-likeness (QED) is 0.653. The summed E-state index contributed by atoms with van der Waals surface area (Å²) in [6.45, 7) is 4.70. The molecule has 0 aromatic heterocycles. The third-order valence-corrected chi connectivity index (χ3v) is 4.24. The van der Waals surface area contributed by atoms with E-state index in [0.29, 0.717) is 22.7 Å². The summed E-state index contributed by atoms with van der Waals surface area (Å²) in [5.74, 6) is 1.39. The van der Waals surface area contributed by atoms with Crippen LogP contribution in [-0.2, 0) is 11.9 Å². The molecular formula is C17H18BrClO2. The first-order valence-electron chi connectivity index (χ1n) is 6.66. The Bertz CT molecular complexity index is 616. The van der Waals surface area contributed by atoms with Crippen molar-refractivity contribution < 1.29 is 9.47 Å². The van der Waals surface area contributed by atoms with Crippen LogP contribution in [0.1, 0.15) is 22.3 Å². The lowest BCUT2D eigenvalue weighted by Crippen LogP contribution is -2.01. The molecule has 2 nitrogen and oxygen atoms in total. The van der Waals surface area contributed by atoms with Crippen molar-refractivity contribution in [1.82, 2.24) is 0 Å². The fourth-order valence-electron chi connectivity index (χ4n) is 2.09. The van der Waals surface area contributed by atoms with Gasteiger partial charge in [0.15, 0.2) is 11.5 Å². The molecule has 0 spiro atoms. The second-order valence-corrected chi connectivity index (χ2v) is 5.93. The molecule has 2 aromatic carbocycles. The van der Waals surface area contributed by atoms with E-state index in [0.717, 1.165) is 16.9 Å². The molecule has 0 unspecified atom stereocenters. The van der Waals surface area contributed by atoms with Crippen molar-refractivity contribution >= 4 is 27.5 Å². The van der Waals surface area contributed by atoms with Gasteiger partial charge < -0.3 is 9.47 Å². The number of rotatable bonds is 5. The number of aryl methyl sites for hydroxylation is 2. The minimum atomic E-state index is 0.499. The average Bonchev–Trinajstić information content (AvgIpc) is 2.48. The molecule has 112 valence electrons. The molecule has 0 heterocycles. The van der Waals surface area contributed by atoms with E-state index in [9.17, 15) is 0 Å². The predicted molar refractivity (Wildman–Crippen MR) is 90.9 cm³/mol. The lowest BCUT2D eigenvalue weighted by atomic mass is 10.1. The predicted octanol–water partition coefficient (Wildman–Crippen LogP) is 5.44. The summed E-state index contributed by atoms with van der Waals surface area (Å²) in [6.07, 6.45) is 0. The highest BCUT2D eigenvalue weighted by molar-refractivity contribution is 9.08. The van der Waals surface area contributed by atoms with Gasteiger partial charge >= 0.3 is 0 Å². The van der Waals surface area contributed by atoms with Gasteiger partial charge in [-0.2, -0.15) is 0 Å². The van der Waals surface area contributed by atoms with Crippen LogP contribution in [0.15, 0.2) is 30.3 Å². The first-order valence-corrected chi connectivity index (χ1v) is 8.16. The molecule has 0 saturated carbocycles. The van der Waals surface area contributed by atoms with Crippen molar-refractivity contribution in [3.8, 4) is 11.5 Å². The molecule has 0 amide bonds. The van der Waals surface area contributed by atoms with E-state index in [1.807, 2.05) is 6.07 Å². The van der Waals surface area contributed by atoms with Gasteiger partial charge in [0.25, 0.3) is 0 Å². The number of hydrogen-bond donors (Lipinski definition) is 0. The standard InChI is InChI=1S/C17H18BrClO2/c1-11-4-5-13(6-12(11)2)10-21-17-14(9-18)7-15(19)8-16(17)20-3/h4-8H,9-10H2,1-3H3. The zero-order chi connectivity index (χ0) is 15.4. The average molecular weight is 370 g/mol. The zero-order valence-electron chi connectivity index (χ0n) is 12.4. The maximum Gasteiger partial charge on any atom is 0.165 e. The molecule has 0 fully saturated rings. The van der Waals surface area contributed by atoms with Crippen molar-refractivity contribution in [2.45, 2.75) is 25.8 Å². The van der Waals surface area contributed by atoms with Crippen molar-refractivity contribution in [3.63, 3.8) is 0 Å². The van der Waals surface area contributed by atoms with Gasteiger partial charge in [-0.15, -0.1) is 0 Å². The van der Waals surface area contributed by atoms with Crippen molar-refractivity contribution in [2.75, 3.05) is 7.11 Å². The summed E-state index contributed by atoms with van der Waals surface area (Å²) in [6, 6.07) is 9.99. The Labute approximate surface area is 139 Å². The molecular weight excluding hydrogens is 352 g/mol. The van der Waals surface area contributed by atoms with Gasteiger partial charge in [-0.25, -0.2) is 0 Å². The normalized spacial score (nSPS) is 10.5. The number of methoxy groups -OCH3 is 1. The van der Waals surface area contributed by atoms with Crippen LogP contribution in [-0.4, -0.2) is 7.11 Å². The summed E-state index contributed by atoms with van der Waals surface area (Å²) in [7, 11) is 1.62. The minimum Gasteiger partial charge on any atom is -0.493 e. The lowest BCUT2D eigenvalue weighted by Gasteiger charge is -2.15. The molecule has 0 N–H and O–H groups in total. The summed E-state index contributed by atoms with van der Waals surface area (Å²) < 4.78 is 11.3. The van der Waals surface area contributed by atoms with Crippen LogP contribution in [0.5, 0.6) is 11.5 Å². The van der Waals surface area contributed by atoms with E-state index in [1.54, 1.807) is 13.2 Å². The fourth-order valence-corrected chi connectivity index (χ4v) is 2.73. The zero-order valence-corrected chi connectivity index (χ0v) is 14.7. The molecule has 0 bridgehead atoms. The molecule has 0 atom stereocenters. The Morgan fingerprint density at radius 3 is 2.48 bits per heavy atom. The van der Waals surface area contributed by atoms with Crippen LogP contribution in [0.25, 0.3) is 0 Å². The van der Waals surface area contributed by atoms with Crippen molar-refractivity contribution in [1.29, 1.82) is 0 Å². The van der Waals surface area contributed by atoms with Crippen LogP contribution in [0.2, 0.25) is 5.02 Å². The van der Waals surface area contributed by atoms with Gasteiger partial charge in [-0.05, 0) is 36.6 Å². The van der Waals surface area contributed by atoms with Crippen LogP contribution in [0, 0.1) is 13.8 Å². The van der Waals surface area contributed by atoms with Crippen molar-refractivity contribution in [3.05, 3.63) is 57.6 Å². The monoisotopic (exact) mass is 368 g/mol. The van der Waals surface area contributed by atoms with E-state index in [-0.39, 0.29) is 0 Å². The first kappa shape index (κ1) is 16.2. The Kier molecular flexibility index (Phi) is 5.54. The largest absolute Gasteiger partial charge is 0.493 e. The summed E-state index contributed by atoms with van der Waals surface area (Å²) >= 11 is 9.54. The fraction of sp³-hybridized carbons (Fsp3) is 0.294. The van der Waals surface area contributed by atoms with Gasteiger partial charge in [-0.1, -0.05) is 45.7 Å². The second kappa shape index (κ2) is 7.19. The number of ether oxygens (including phenoxy) is 2. The number of alkyl halides is 1. The Morgan fingerprint density at radius 1 is 1.10 bits per heavy atom. The Hall–Kier alpha value is -1.19. The van der Waals surface area contributed by atoms with E-state index < -0.39 is 0 Å². The van der Waals surface area contributed by atoms with Crippen LogP contribution >= 0.6 is 27.5 Å². The molecule has 0 saturated heterocycles. The highest BCUT2D eigenvalue weighted by Crippen LogP contribution is 2.36. The molecule has 2 rings (SSSR count). The first-order chi connectivity index (χ1) is 10.0. The Balaban J connectivity index is 2.24. The Morgan fingerprint density at radius 2 is 1.86 bits per heavy atom. The number of halogens is 2. The summed E-state index contributed by atoms with van der Waals surface area (Å²) in [5.41, 5.74) is 4.66. The van der Waals surface area contributed by atoms with E-state index in [4.69, 9.17) is 21.1 Å².